The first-order chi connectivity index (χ1) is 12.8. The minimum Gasteiger partial charge on any atom is -0.545 e. The average molecular weight is 386 g/mol. The maximum absolute atomic E-state index is 12.4. The van der Waals surface area contributed by atoms with E-state index < -0.39 is 5.97 Å². The third-order valence-electron chi connectivity index (χ3n) is 4.79. The summed E-state index contributed by atoms with van der Waals surface area (Å²) in [5.41, 5.74) is 1.58. The molecule has 27 heavy (non-hydrogen) atoms. The lowest BCUT2D eigenvalue weighted by Gasteiger charge is -2.37. The second-order valence-electron chi connectivity index (χ2n) is 7.33. The fourth-order valence-electron chi connectivity index (χ4n) is 3.72. The quantitative estimate of drug-likeness (QED) is 0.875. The summed E-state index contributed by atoms with van der Waals surface area (Å²) in [5, 5.41) is 15.0. The largest absolute Gasteiger partial charge is 0.545 e. The van der Waals surface area contributed by atoms with Gasteiger partial charge in [0.05, 0.1) is 5.97 Å². The Morgan fingerprint density at radius 1 is 1.07 bits per heavy atom. The molecule has 2 aromatic rings. The number of nitrogens with zero attached hydrogens (tertiary/aromatic N) is 1. The van der Waals surface area contributed by atoms with Gasteiger partial charge in [-0.05, 0) is 60.7 Å². The van der Waals surface area contributed by atoms with E-state index in [1.807, 2.05) is 0 Å². The van der Waals surface area contributed by atoms with Gasteiger partial charge in [0.25, 0.3) is 5.91 Å². The van der Waals surface area contributed by atoms with E-state index in [4.69, 9.17) is 11.6 Å². The number of anilines is 2. The zero-order chi connectivity index (χ0) is 19.6. The van der Waals surface area contributed by atoms with Crippen LogP contribution in [0.2, 0.25) is 5.02 Å². The van der Waals surface area contributed by atoms with E-state index in [2.05, 4.69) is 24.1 Å². The van der Waals surface area contributed by atoms with Crippen molar-refractivity contribution in [3.8, 4) is 0 Å². The number of carboxylic acid groups (broad SMARTS) is 1. The Kier molecular flexibility index (Phi) is 5.71. The molecule has 1 aliphatic rings. The highest BCUT2D eigenvalue weighted by molar-refractivity contribution is 6.30. The van der Waals surface area contributed by atoms with Crippen LogP contribution in [0.15, 0.2) is 42.5 Å². The van der Waals surface area contributed by atoms with E-state index in [1.54, 1.807) is 36.4 Å². The molecule has 3 rings (SSSR count). The van der Waals surface area contributed by atoms with Crippen molar-refractivity contribution >= 4 is 34.9 Å². The molecule has 0 unspecified atom stereocenters. The minimum atomic E-state index is -1.25. The zero-order valence-electron chi connectivity index (χ0n) is 15.4. The van der Waals surface area contributed by atoms with Crippen molar-refractivity contribution in [3.05, 3.63) is 58.6 Å². The van der Waals surface area contributed by atoms with Crippen LogP contribution >= 0.6 is 11.6 Å². The fourth-order valence-corrected chi connectivity index (χ4v) is 3.84. The first kappa shape index (κ1) is 19.2. The van der Waals surface area contributed by atoms with Crippen molar-refractivity contribution in [1.82, 2.24) is 0 Å². The highest BCUT2D eigenvalue weighted by Crippen LogP contribution is 2.30. The first-order valence-corrected chi connectivity index (χ1v) is 9.38. The standard InChI is InChI=1S/C21H23ClN2O3/c1-13-9-14(2)12-24(11-13)19-8-7-17(10-18(19)21(26)27)23-20(25)15-3-5-16(22)6-4-15/h3-8,10,13-14H,9,11-12H2,1-2H3,(H,23,25)(H,26,27)/p-1/t13-,14-/m1/s1. The second-order valence-corrected chi connectivity index (χ2v) is 7.77. The number of aromatic carboxylic acids is 1. The summed E-state index contributed by atoms with van der Waals surface area (Å²) in [5.74, 6) is -0.595. The maximum atomic E-state index is 12.4. The Balaban J connectivity index is 1.84. The van der Waals surface area contributed by atoms with Gasteiger partial charge in [-0.3, -0.25) is 4.79 Å². The number of halogens is 1. The number of amides is 1. The number of carbonyl (C=O) groups excluding carboxylic acids is 2. The van der Waals surface area contributed by atoms with E-state index in [1.165, 1.54) is 6.07 Å². The Bertz CT molecular complexity index is 841. The summed E-state index contributed by atoms with van der Waals surface area (Å²) in [7, 11) is 0. The van der Waals surface area contributed by atoms with Crippen LogP contribution in [0.1, 0.15) is 41.0 Å². The summed E-state index contributed by atoms with van der Waals surface area (Å²) < 4.78 is 0. The van der Waals surface area contributed by atoms with Crippen LogP contribution in [0.3, 0.4) is 0 Å². The number of carbonyl (C=O) groups is 2. The van der Waals surface area contributed by atoms with Crippen molar-refractivity contribution < 1.29 is 14.7 Å². The molecule has 6 heteroatoms. The monoisotopic (exact) mass is 385 g/mol. The lowest BCUT2D eigenvalue weighted by Crippen LogP contribution is -2.40. The van der Waals surface area contributed by atoms with Crippen molar-refractivity contribution in [2.75, 3.05) is 23.3 Å². The zero-order valence-corrected chi connectivity index (χ0v) is 16.1. The number of rotatable bonds is 4. The van der Waals surface area contributed by atoms with Gasteiger partial charge in [-0.25, -0.2) is 0 Å². The van der Waals surface area contributed by atoms with Crippen molar-refractivity contribution in [2.45, 2.75) is 20.3 Å². The van der Waals surface area contributed by atoms with Gasteiger partial charge >= 0.3 is 0 Å². The minimum absolute atomic E-state index is 0.0882. The summed E-state index contributed by atoms with van der Waals surface area (Å²) in [6, 6.07) is 11.4. The molecule has 0 spiro atoms. The summed E-state index contributed by atoms with van der Waals surface area (Å²) in [4.78, 5) is 26.2. The van der Waals surface area contributed by atoms with Gasteiger partial charge < -0.3 is 20.1 Å². The molecule has 1 heterocycles. The number of hydrogen-bond acceptors (Lipinski definition) is 4. The molecular formula is C21H22ClN2O3-. The average Bonchev–Trinajstić information content (AvgIpc) is 2.61. The molecule has 1 aliphatic heterocycles. The van der Waals surface area contributed by atoms with Gasteiger partial charge in [0, 0.05) is 40.6 Å². The molecule has 2 atom stereocenters. The summed E-state index contributed by atoms with van der Waals surface area (Å²) in [6.45, 7) is 5.95. The molecule has 1 N–H and O–H groups in total. The fraction of sp³-hybridized carbons (Fsp3) is 0.333. The Labute approximate surface area is 163 Å². The van der Waals surface area contributed by atoms with Gasteiger partial charge in [-0.1, -0.05) is 25.4 Å². The second kappa shape index (κ2) is 8.01. The van der Waals surface area contributed by atoms with Crippen LogP contribution in [0.5, 0.6) is 0 Å². The summed E-state index contributed by atoms with van der Waals surface area (Å²) in [6.07, 6.45) is 1.13. The van der Waals surface area contributed by atoms with E-state index in [0.717, 1.165) is 19.5 Å². The Morgan fingerprint density at radius 3 is 2.30 bits per heavy atom. The normalized spacial score (nSPS) is 19.6. The third kappa shape index (κ3) is 4.61. The van der Waals surface area contributed by atoms with Crippen LogP contribution in [-0.4, -0.2) is 25.0 Å². The predicted molar refractivity (Wildman–Crippen MR) is 105 cm³/mol. The van der Waals surface area contributed by atoms with Crippen LogP contribution in [0, 0.1) is 11.8 Å². The van der Waals surface area contributed by atoms with Crippen LogP contribution < -0.4 is 15.3 Å². The molecule has 0 radical (unpaired) electrons. The number of piperidine rings is 1. The highest BCUT2D eigenvalue weighted by atomic mass is 35.5. The van der Waals surface area contributed by atoms with E-state index in [9.17, 15) is 14.7 Å². The maximum Gasteiger partial charge on any atom is 0.255 e. The van der Waals surface area contributed by atoms with Crippen molar-refractivity contribution in [1.29, 1.82) is 0 Å². The van der Waals surface area contributed by atoms with Crippen LogP contribution in [0.25, 0.3) is 0 Å². The smallest absolute Gasteiger partial charge is 0.255 e. The van der Waals surface area contributed by atoms with Crippen molar-refractivity contribution in [2.24, 2.45) is 11.8 Å². The molecule has 0 aliphatic carbocycles. The van der Waals surface area contributed by atoms with Gasteiger partial charge in [-0.2, -0.15) is 0 Å². The van der Waals surface area contributed by atoms with E-state index >= 15 is 0 Å². The highest BCUT2D eigenvalue weighted by Gasteiger charge is 2.24. The summed E-state index contributed by atoms with van der Waals surface area (Å²) >= 11 is 5.84. The molecule has 2 aromatic carbocycles. The molecule has 0 saturated carbocycles. The van der Waals surface area contributed by atoms with Gasteiger partial charge in [0.1, 0.15) is 0 Å². The lowest BCUT2D eigenvalue weighted by atomic mass is 9.91. The van der Waals surface area contributed by atoms with E-state index in [-0.39, 0.29) is 11.5 Å². The molecule has 0 aromatic heterocycles. The molecule has 142 valence electrons. The number of benzene rings is 2. The van der Waals surface area contributed by atoms with Gasteiger partial charge in [-0.15, -0.1) is 0 Å². The van der Waals surface area contributed by atoms with Crippen molar-refractivity contribution in [3.63, 3.8) is 0 Å². The molecule has 1 saturated heterocycles. The van der Waals surface area contributed by atoms with Crippen LogP contribution in [-0.2, 0) is 0 Å². The van der Waals surface area contributed by atoms with Crippen LogP contribution in [0.4, 0.5) is 11.4 Å². The molecule has 1 fully saturated rings. The topological polar surface area (TPSA) is 72.5 Å². The Hall–Kier alpha value is -2.53. The number of carboxylic acids is 1. The first-order valence-electron chi connectivity index (χ1n) is 9.00. The lowest BCUT2D eigenvalue weighted by molar-refractivity contribution is -0.254. The molecular weight excluding hydrogens is 364 g/mol. The molecule has 0 bridgehead atoms. The molecule has 1 amide bonds. The number of hydrogen-bond donors (Lipinski definition) is 1. The SMILES string of the molecule is C[C@@H]1C[C@@H](C)CN(c2ccc(NC(=O)c3ccc(Cl)cc3)cc2C(=O)[O-])C1. The number of nitrogens with one attached hydrogen (secondary N) is 1. The van der Waals surface area contributed by atoms with E-state index in [0.29, 0.717) is 33.8 Å². The Morgan fingerprint density at radius 2 is 1.70 bits per heavy atom. The molecule has 5 nitrogen and oxygen atoms in total. The van der Waals surface area contributed by atoms with Gasteiger partial charge in [0.2, 0.25) is 0 Å². The van der Waals surface area contributed by atoms with Gasteiger partial charge in [0.15, 0.2) is 0 Å². The third-order valence-corrected chi connectivity index (χ3v) is 5.04. The predicted octanol–water partition coefficient (Wildman–Crippen LogP) is 3.44.